The molecule has 168 valence electrons. The van der Waals surface area contributed by atoms with Gasteiger partial charge in [0.2, 0.25) is 0 Å². The van der Waals surface area contributed by atoms with Gasteiger partial charge < -0.3 is 5.32 Å². The number of nitrogens with zero attached hydrogens (tertiary/aromatic N) is 4. The van der Waals surface area contributed by atoms with E-state index >= 15 is 0 Å². The van der Waals surface area contributed by atoms with Gasteiger partial charge in [0.1, 0.15) is 5.69 Å². The number of fused-ring (bicyclic) bond motifs is 1. The normalized spacial score (nSPS) is 19.3. The van der Waals surface area contributed by atoms with Crippen LogP contribution in [0.4, 0.5) is 0 Å². The molecule has 3 heterocycles. The summed E-state index contributed by atoms with van der Waals surface area (Å²) in [4.78, 5) is 22.6. The SMILES string of the molecule is CC1CCCCC1C(NC(=O)c1ccc2ccccc2n1)c1ccc(-c2cnn(C)c2)nc1. The third-order valence-corrected chi connectivity index (χ3v) is 6.87. The maximum absolute atomic E-state index is 13.3. The van der Waals surface area contributed by atoms with E-state index in [4.69, 9.17) is 4.98 Å². The van der Waals surface area contributed by atoms with Gasteiger partial charge in [0.25, 0.3) is 5.91 Å². The third kappa shape index (κ3) is 4.51. The molecule has 6 heteroatoms. The van der Waals surface area contributed by atoms with Gasteiger partial charge in [-0.05, 0) is 42.0 Å². The lowest BCUT2D eigenvalue weighted by Crippen LogP contribution is -2.37. The molecule has 33 heavy (non-hydrogen) atoms. The highest BCUT2D eigenvalue weighted by Crippen LogP contribution is 2.39. The molecular formula is C27H29N5O. The molecule has 5 rings (SSSR count). The quantitative estimate of drug-likeness (QED) is 0.456. The van der Waals surface area contributed by atoms with Crippen molar-refractivity contribution in [1.82, 2.24) is 25.1 Å². The molecule has 3 unspecified atom stereocenters. The molecule has 0 bridgehead atoms. The second-order valence-electron chi connectivity index (χ2n) is 9.15. The molecule has 0 spiro atoms. The number of nitrogens with one attached hydrogen (secondary N) is 1. The Kier molecular flexibility index (Phi) is 5.90. The molecule has 1 aliphatic rings. The molecule has 3 atom stereocenters. The van der Waals surface area contributed by atoms with Crippen LogP contribution in [-0.2, 0) is 7.05 Å². The number of hydrogen-bond donors (Lipinski definition) is 1. The highest BCUT2D eigenvalue weighted by atomic mass is 16.1. The second kappa shape index (κ2) is 9.14. The van der Waals surface area contributed by atoms with Crippen LogP contribution in [0, 0.1) is 11.8 Å². The van der Waals surface area contributed by atoms with Crippen molar-refractivity contribution in [2.24, 2.45) is 18.9 Å². The van der Waals surface area contributed by atoms with Crippen LogP contribution in [0.25, 0.3) is 22.2 Å². The van der Waals surface area contributed by atoms with Crippen LogP contribution < -0.4 is 5.32 Å². The van der Waals surface area contributed by atoms with Gasteiger partial charge in [0.05, 0.1) is 23.4 Å². The minimum absolute atomic E-state index is 0.100. The number of aryl methyl sites for hydroxylation is 1. The van der Waals surface area contributed by atoms with Crippen molar-refractivity contribution < 1.29 is 4.79 Å². The summed E-state index contributed by atoms with van der Waals surface area (Å²) in [5.41, 5.74) is 4.17. The van der Waals surface area contributed by atoms with Crippen LogP contribution in [0.2, 0.25) is 0 Å². The van der Waals surface area contributed by atoms with Gasteiger partial charge in [-0.2, -0.15) is 5.10 Å². The summed E-state index contributed by atoms with van der Waals surface area (Å²) in [6.45, 7) is 2.30. The number of carbonyl (C=O) groups excluding carboxylic acids is 1. The predicted octanol–water partition coefficient (Wildman–Crippen LogP) is 5.33. The Balaban J connectivity index is 1.44. The van der Waals surface area contributed by atoms with Crippen LogP contribution >= 0.6 is 0 Å². The van der Waals surface area contributed by atoms with E-state index in [1.54, 1.807) is 4.68 Å². The van der Waals surface area contributed by atoms with Gasteiger partial charge in [-0.15, -0.1) is 0 Å². The smallest absolute Gasteiger partial charge is 0.270 e. The molecule has 0 saturated heterocycles. The molecule has 0 aliphatic heterocycles. The molecule has 1 saturated carbocycles. The van der Waals surface area contributed by atoms with E-state index in [-0.39, 0.29) is 11.9 Å². The Hall–Kier alpha value is -3.54. The first kappa shape index (κ1) is 21.3. The van der Waals surface area contributed by atoms with Crippen LogP contribution in [0.5, 0.6) is 0 Å². The maximum atomic E-state index is 13.3. The summed E-state index contributed by atoms with van der Waals surface area (Å²) < 4.78 is 1.77. The number of hydrogen-bond acceptors (Lipinski definition) is 4. The summed E-state index contributed by atoms with van der Waals surface area (Å²) in [5, 5.41) is 8.59. The summed E-state index contributed by atoms with van der Waals surface area (Å²) in [6, 6.07) is 15.6. The monoisotopic (exact) mass is 439 g/mol. The van der Waals surface area contributed by atoms with Crippen molar-refractivity contribution in [3.63, 3.8) is 0 Å². The number of carbonyl (C=O) groups is 1. The zero-order valence-corrected chi connectivity index (χ0v) is 19.1. The first-order valence-electron chi connectivity index (χ1n) is 11.7. The Labute approximate surface area is 194 Å². The average Bonchev–Trinajstić information content (AvgIpc) is 3.29. The highest BCUT2D eigenvalue weighted by molar-refractivity contribution is 5.95. The molecule has 0 radical (unpaired) electrons. The lowest BCUT2D eigenvalue weighted by Gasteiger charge is -2.36. The number of pyridine rings is 2. The summed E-state index contributed by atoms with van der Waals surface area (Å²) >= 11 is 0. The van der Waals surface area contributed by atoms with Crippen molar-refractivity contribution >= 4 is 16.8 Å². The zero-order valence-electron chi connectivity index (χ0n) is 19.1. The van der Waals surface area contributed by atoms with Gasteiger partial charge in [-0.3, -0.25) is 14.5 Å². The topological polar surface area (TPSA) is 72.7 Å². The first-order chi connectivity index (χ1) is 16.1. The number of rotatable bonds is 5. The maximum Gasteiger partial charge on any atom is 0.270 e. The molecule has 1 aliphatic carbocycles. The molecule has 1 aromatic carbocycles. The van der Waals surface area contributed by atoms with E-state index in [9.17, 15) is 4.79 Å². The molecule has 3 aromatic heterocycles. The zero-order chi connectivity index (χ0) is 22.8. The Morgan fingerprint density at radius 2 is 1.91 bits per heavy atom. The van der Waals surface area contributed by atoms with Crippen molar-refractivity contribution in [2.75, 3.05) is 0 Å². The second-order valence-corrected chi connectivity index (χ2v) is 9.15. The van der Waals surface area contributed by atoms with Crippen molar-refractivity contribution in [2.45, 2.75) is 38.6 Å². The summed E-state index contributed by atoms with van der Waals surface area (Å²) in [7, 11) is 1.90. The lowest BCUT2D eigenvalue weighted by molar-refractivity contribution is 0.0888. The molecule has 1 N–H and O–H groups in total. The first-order valence-corrected chi connectivity index (χ1v) is 11.7. The van der Waals surface area contributed by atoms with Gasteiger partial charge in [-0.1, -0.05) is 56.5 Å². The summed E-state index contributed by atoms with van der Waals surface area (Å²) in [6.07, 6.45) is 10.4. The standard InChI is InChI=1S/C27H29N5O/c1-18-7-3-5-9-22(18)26(20-12-13-23(28-15-20)21-16-29-32(2)17-21)31-27(33)25-14-11-19-8-4-6-10-24(19)30-25/h4,6,8,10-18,22,26H,3,5,7,9H2,1-2H3,(H,31,33). The fourth-order valence-electron chi connectivity index (χ4n) is 5.00. The molecular weight excluding hydrogens is 410 g/mol. The number of benzene rings is 1. The molecule has 1 fully saturated rings. The fourth-order valence-corrected chi connectivity index (χ4v) is 5.00. The van der Waals surface area contributed by atoms with Crippen LogP contribution in [0.1, 0.15) is 54.7 Å². The van der Waals surface area contributed by atoms with E-state index in [0.29, 0.717) is 17.5 Å². The lowest BCUT2D eigenvalue weighted by atomic mass is 9.74. The molecule has 4 aromatic rings. The number of aromatic nitrogens is 4. The highest BCUT2D eigenvalue weighted by Gasteiger charge is 2.32. The average molecular weight is 440 g/mol. The van der Waals surface area contributed by atoms with E-state index in [2.05, 4.69) is 28.4 Å². The van der Waals surface area contributed by atoms with E-state index in [0.717, 1.165) is 34.1 Å². The minimum Gasteiger partial charge on any atom is -0.344 e. The minimum atomic E-state index is -0.139. The van der Waals surface area contributed by atoms with E-state index in [1.165, 1.54) is 19.3 Å². The molecule has 1 amide bonds. The van der Waals surface area contributed by atoms with Gasteiger partial charge in [-0.25, -0.2) is 4.98 Å². The Morgan fingerprint density at radius 1 is 1.06 bits per heavy atom. The van der Waals surface area contributed by atoms with E-state index < -0.39 is 0 Å². The Bertz CT molecular complexity index is 1260. The molecule has 6 nitrogen and oxygen atoms in total. The van der Waals surface area contributed by atoms with Crippen molar-refractivity contribution in [1.29, 1.82) is 0 Å². The van der Waals surface area contributed by atoms with Gasteiger partial charge >= 0.3 is 0 Å². The van der Waals surface area contributed by atoms with Crippen LogP contribution in [-0.4, -0.2) is 25.7 Å². The third-order valence-electron chi connectivity index (χ3n) is 6.87. The number of para-hydroxylation sites is 1. The van der Waals surface area contributed by atoms with Crippen molar-refractivity contribution in [3.8, 4) is 11.3 Å². The summed E-state index contributed by atoms with van der Waals surface area (Å²) in [5.74, 6) is 0.765. The fraction of sp³-hybridized carbons (Fsp3) is 0.333. The largest absolute Gasteiger partial charge is 0.344 e. The predicted molar refractivity (Wildman–Crippen MR) is 130 cm³/mol. The van der Waals surface area contributed by atoms with Gasteiger partial charge in [0, 0.05) is 30.4 Å². The van der Waals surface area contributed by atoms with Crippen molar-refractivity contribution in [3.05, 3.63) is 78.4 Å². The van der Waals surface area contributed by atoms with Crippen LogP contribution in [0.3, 0.4) is 0 Å². The van der Waals surface area contributed by atoms with E-state index in [1.807, 2.05) is 68.1 Å². The van der Waals surface area contributed by atoms with Crippen LogP contribution in [0.15, 0.2) is 67.1 Å². The number of amides is 1. The van der Waals surface area contributed by atoms with Gasteiger partial charge in [0.15, 0.2) is 0 Å². The Morgan fingerprint density at radius 3 is 2.67 bits per heavy atom.